The van der Waals surface area contributed by atoms with Crippen molar-refractivity contribution in [3.05, 3.63) is 41.1 Å². The van der Waals surface area contributed by atoms with Crippen LogP contribution in [0.2, 0.25) is 0 Å². The van der Waals surface area contributed by atoms with Crippen molar-refractivity contribution in [2.24, 2.45) is 7.05 Å². The zero-order chi connectivity index (χ0) is 21.3. The molecule has 0 saturated carbocycles. The summed E-state index contributed by atoms with van der Waals surface area (Å²) in [6.07, 6.45) is 2.66. The molecular formula is C17H20N6O5S. The second-order valence-corrected chi connectivity index (χ2v) is 8.50. The smallest absolute Gasteiger partial charge is 0.264 e. The molecule has 29 heavy (non-hydrogen) atoms. The third-order valence-electron chi connectivity index (χ3n) is 4.24. The molecule has 0 aliphatic rings. The molecule has 1 N–H and O–H groups in total. The predicted octanol–water partition coefficient (Wildman–Crippen LogP) is 0.0276. The number of nitrogens with zero attached hydrogens (tertiary/aromatic N) is 5. The molecule has 3 aromatic rings. The first-order valence-corrected chi connectivity index (χ1v) is 9.86. The van der Waals surface area contributed by atoms with E-state index in [-0.39, 0.29) is 22.9 Å². The Hall–Kier alpha value is -3.25. The van der Waals surface area contributed by atoms with Crippen molar-refractivity contribution in [3.63, 3.8) is 0 Å². The van der Waals surface area contributed by atoms with Gasteiger partial charge in [0.05, 0.1) is 13.3 Å². The molecule has 0 bridgehead atoms. The van der Waals surface area contributed by atoms with Crippen molar-refractivity contribution in [2.75, 3.05) is 26.5 Å². The van der Waals surface area contributed by atoms with Crippen molar-refractivity contribution in [1.29, 1.82) is 0 Å². The molecule has 0 fully saturated rings. The first-order valence-electron chi connectivity index (χ1n) is 8.42. The van der Waals surface area contributed by atoms with Gasteiger partial charge in [-0.25, -0.2) is 17.7 Å². The maximum absolute atomic E-state index is 12.5. The third kappa shape index (κ3) is 3.84. The summed E-state index contributed by atoms with van der Waals surface area (Å²) in [4.78, 5) is 28.9. The van der Waals surface area contributed by atoms with Gasteiger partial charge in [0.15, 0.2) is 5.65 Å². The third-order valence-corrected chi connectivity index (χ3v) is 6.07. The minimum absolute atomic E-state index is 0.0848. The number of amides is 1. The first-order chi connectivity index (χ1) is 13.6. The lowest BCUT2D eigenvalue weighted by Crippen LogP contribution is -2.28. The number of methoxy groups -OCH3 is 1. The van der Waals surface area contributed by atoms with Gasteiger partial charge in [-0.05, 0) is 18.2 Å². The number of fused-ring (bicyclic) bond motifs is 1. The number of sulfonamides is 1. The highest BCUT2D eigenvalue weighted by Crippen LogP contribution is 2.28. The molecule has 1 amide bonds. The van der Waals surface area contributed by atoms with E-state index in [2.05, 4.69) is 15.4 Å². The molecule has 1 aromatic carbocycles. The molecule has 0 unspecified atom stereocenters. The van der Waals surface area contributed by atoms with Crippen LogP contribution in [-0.2, 0) is 28.4 Å². The van der Waals surface area contributed by atoms with Crippen molar-refractivity contribution in [1.82, 2.24) is 23.6 Å². The van der Waals surface area contributed by atoms with Gasteiger partial charge in [0, 0.05) is 26.8 Å². The van der Waals surface area contributed by atoms with Gasteiger partial charge in [-0.3, -0.25) is 18.8 Å². The number of ether oxygens (including phenoxy) is 1. The van der Waals surface area contributed by atoms with E-state index < -0.39 is 21.5 Å². The van der Waals surface area contributed by atoms with Gasteiger partial charge in [0.1, 0.15) is 28.9 Å². The molecule has 0 spiro atoms. The van der Waals surface area contributed by atoms with E-state index in [1.54, 1.807) is 7.05 Å². The van der Waals surface area contributed by atoms with Crippen LogP contribution in [0.4, 0.5) is 5.69 Å². The zero-order valence-electron chi connectivity index (χ0n) is 16.3. The molecular weight excluding hydrogens is 400 g/mol. The fraction of sp³-hybridized carbons (Fsp3) is 0.294. The Bertz CT molecular complexity index is 1240. The van der Waals surface area contributed by atoms with Gasteiger partial charge in [-0.2, -0.15) is 5.10 Å². The van der Waals surface area contributed by atoms with Crippen LogP contribution in [0.1, 0.15) is 0 Å². The number of benzene rings is 1. The van der Waals surface area contributed by atoms with Gasteiger partial charge < -0.3 is 10.1 Å². The van der Waals surface area contributed by atoms with E-state index in [0.29, 0.717) is 11.0 Å². The Morgan fingerprint density at radius 2 is 2.03 bits per heavy atom. The lowest BCUT2D eigenvalue weighted by atomic mass is 10.3. The van der Waals surface area contributed by atoms with Crippen LogP contribution in [0.25, 0.3) is 11.0 Å². The summed E-state index contributed by atoms with van der Waals surface area (Å²) in [5.74, 6) is -0.366. The van der Waals surface area contributed by atoms with Crippen LogP contribution in [0.3, 0.4) is 0 Å². The highest BCUT2D eigenvalue weighted by Gasteiger charge is 2.23. The maximum Gasteiger partial charge on any atom is 0.264 e. The number of carbonyl (C=O) groups excluding carboxylic acids is 1. The van der Waals surface area contributed by atoms with Crippen molar-refractivity contribution in [2.45, 2.75) is 11.4 Å². The number of nitrogens with one attached hydrogen (secondary N) is 1. The molecule has 0 radical (unpaired) electrons. The topological polar surface area (TPSA) is 128 Å². The van der Waals surface area contributed by atoms with E-state index in [4.69, 9.17) is 4.74 Å². The van der Waals surface area contributed by atoms with Crippen molar-refractivity contribution >= 4 is 32.7 Å². The second kappa shape index (κ2) is 7.64. The van der Waals surface area contributed by atoms with Gasteiger partial charge in [-0.1, -0.05) is 0 Å². The molecule has 12 heteroatoms. The highest BCUT2D eigenvalue weighted by molar-refractivity contribution is 7.89. The minimum atomic E-state index is -3.78. The molecule has 0 atom stereocenters. The minimum Gasteiger partial charge on any atom is -0.495 e. The number of anilines is 1. The zero-order valence-corrected chi connectivity index (χ0v) is 17.1. The highest BCUT2D eigenvalue weighted by atomic mass is 32.2. The molecule has 154 valence electrons. The fourth-order valence-electron chi connectivity index (χ4n) is 2.69. The summed E-state index contributed by atoms with van der Waals surface area (Å²) < 4.78 is 33.7. The summed E-state index contributed by atoms with van der Waals surface area (Å²) in [5.41, 5.74) is 0.267. The van der Waals surface area contributed by atoms with Gasteiger partial charge >= 0.3 is 0 Å². The summed E-state index contributed by atoms with van der Waals surface area (Å²) in [5, 5.41) is 6.86. The van der Waals surface area contributed by atoms with Crippen LogP contribution in [0, 0.1) is 0 Å². The number of hydrogen-bond donors (Lipinski definition) is 1. The second-order valence-electron chi connectivity index (χ2n) is 6.38. The van der Waals surface area contributed by atoms with Crippen LogP contribution < -0.4 is 15.6 Å². The summed E-state index contributed by atoms with van der Waals surface area (Å²) >= 11 is 0. The number of aromatic nitrogens is 4. The monoisotopic (exact) mass is 420 g/mol. The molecule has 11 nitrogen and oxygen atoms in total. The van der Waals surface area contributed by atoms with E-state index in [0.717, 1.165) is 8.87 Å². The molecule has 2 heterocycles. The van der Waals surface area contributed by atoms with Crippen LogP contribution in [0.5, 0.6) is 5.75 Å². The molecule has 2 aromatic heterocycles. The predicted molar refractivity (Wildman–Crippen MR) is 105 cm³/mol. The summed E-state index contributed by atoms with van der Waals surface area (Å²) in [6, 6.07) is 4.26. The first kappa shape index (κ1) is 20.5. The van der Waals surface area contributed by atoms with E-state index >= 15 is 0 Å². The van der Waals surface area contributed by atoms with Crippen LogP contribution in [-0.4, -0.2) is 59.2 Å². The van der Waals surface area contributed by atoms with Crippen LogP contribution >= 0.6 is 0 Å². The standard InChI is InChI=1S/C17H20N6O5S/c1-21(2)29(26,27)14-7-11(5-6-13(14)28-4)20-15(24)9-23-10-18-16-12(17(23)25)8-19-22(16)3/h5-8,10H,9H2,1-4H3,(H,20,24). The van der Waals surface area contributed by atoms with E-state index in [9.17, 15) is 18.0 Å². The Kier molecular flexibility index (Phi) is 5.40. The number of aryl methyl sites for hydroxylation is 1. The SMILES string of the molecule is COc1ccc(NC(=O)Cn2cnc3c(cnn3C)c2=O)cc1S(=O)(=O)N(C)C. The Morgan fingerprint density at radius 1 is 1.31 bits per heavy atom. The fourth-order valence-corrected chi connectivity index (χ4v) is 3.76. The Balaban J connectivity index is 1.86. The summed E-state index contributed by atoms with van der Waals surface area (Å²) in [7, 11) is 2.03. The number of rotatable bonds is 6. The van der Waals surface area contributed by atoms with E-state index in [1.165, 1.54) is 56.6 Å². The van der Waals surface area contributed by atoms with Gasteiger partial charge in [-0.15, -0.1) is 0 Å². The molecule has 0 aliphatic carbocycles. The molecule has 3 rings (SSSR count). The Morgan fingerprint density at radius 3 is 2.69 bits per heavy atom. The number of carbonyl (C=O) groups is 1. The normalized spacial score (nSPS) is 11.8. The average Bonchev–Trinajstić information content (AvgIpc) is 3.05. The molecule has 0 saturated heterocycles. The lowest BCUT2D eigenvalue weighted by molar-refractivity contribution is -0.116. The van der Waals surface area contributed by atoms with Gasteiger partial charge in [0.2, 0.25) is 15.9 Å². The quantitative estimate of drug-likeness (QED) is 0.596. The van der Waals surface area contributed by atoms with Crippen molar-refractivity contribution in [3.8, 4) is 5.75 Å². The number of hydrogen-bond acceptors (Lipinski definition) is 7. The molecule has 0 aliphatic heterocycles. The largest absolute Gasteiger partial charge is 0.495 e. The van der Waals surface area contributed by atoms with Gasteiger partial charge in [0.25, 0.3) is 5.56 Å². The maximum atomic E-state index is 12.5. The average molecular weight is 420 g/mol. The van der Waals surface area contributed by atoms with E-state index in [1.807, 2.05) is 0 Å². The summed E-state index contributed by atoms with van der Waals surface area (Å²) in [6.45, 7) is -0.293. The Labute approximate surface area is 166 Å². The van der Waals surface area contributed by atoms with Crippen LogP contribution in [0.15, 0.2) is 40.4 Å². The van der Waals surface area contributed by atoms with Crippen molar-refractivity contribution < 1.29 is 17.9 Å². The lowest BCUT2D eigenvalue weighted by Gasteiger charge is -2.16.